The topological polar surface area (TPSA) is 12.0 Å². The SMILES string of the molecule is Cc1ccc(C)c(-c2cc(Cl)ccc2CNC(C)C)c1. The Bertz CT molecular complexity index is 602. The van der Waals surface area contributed by atoms with Gasteiger partial charge in [0, 0.05) is 17.6 Å². The van der Waals surface area contributed by atoms with Crippen LogP contribution in [0.3, 0.4) is 0 Å². The maximum absolute atomic E-state index is 6.20. The number of halogens is 1. The lowest BCUT2D eigenvalue weighted by atomic mass is 9.94. The largest absolute Gasteiger partial charge is 0.310 e. The summed E-state index contributed by atoms with van der Waals surface area (Å²) in [5.41, 5.74) is 6.34. The molecule has 0 fully saturated rings. The first kappa shape index (κ1) is 15.1. The summed E-state index contributed by atoms with van der Waals surface area (Å²) in [4.78, 5) is 0. The van der Waals surface area contributed by atoms with Crippen molar-refractivity contribution in [2.45, 2.75) is 40.3 Å². The summed E-state index contributed by atoms with van der Waals surface area (Å²) in [6, 6.07) is 13.2. The zero-order valence-electron chi connectivity index (χ0n) is 12.6. The Morgan fingerprint density at radius 2 is 1.75 bits per heavy atom. The minimum atomic E-state index is 0.470. The molecule has 1 nitrogen and oxygen atoms in total. The van der Waals surface area contributed by atoms with Crippen LogP contribution in [0.5, 0.6) is 0 Å². The van der Waals surface area contributed by atoms with E-state index in [0.29, 0.717) is 6.04 Å². The van der Waals surface area contributed by atoms with Gasteiger partial charge in [-0.1, -0.05) is 55.3 Å². The number of rotatable bonds is 4. The molecule has 0 unspecified atom stereocenters. The molecule has 0 aliphatic rings. The lowest BCUT2D eigenvalue weighted by Gasteiger charge is -2.15. The van der Waals surface area contributed by atoms with Crippen molar-refractivity contribution in [3.05, 3.63) is 58.1 Å². The van der Waals surface area contributed by atoms with E-state index in [0.717, 1.165) is 11.6 Å². The molecule has 0 spiro atoms. The molecule has 0 saturated carbocycles. The third kappa shape index (κ3) is 3.62. The Hall–Kier alpha value is -1.31. The second-order valence-corrected chi connectivity index (χ2v) is 6.09. The molecular formula is C18H22ClN. The van der Waals surface area contributed by atoms with Gasteiger partial charge in [0.15, 0.2) is 0 Å². The first-order chi connectivity index (χ1) is 9.47. The van der Waals surface area contributed by atoms with Gasteiger partial charge in [0.1, 0.15) is 0 Å². The van der Waals surface area contributed by atoms with Gasteiger partial charge in [-0.25, -0.2) is 0 Å². The smallest absolute Gasteiger partial charge is 0.0412 e. The summed E-state index contributed by atoms with van der Waals surface area (Å²) in [5.74, 6) is 0. The van der Waals surface area contributed by atoms with E-state index in [9.17, 15) is 0 Å². The maximum atomic E-state index is 6.20. The van der Waals surface area contributed by atoms with E-state index in [2.05, 4.69) is 63.3 Å². The summed E-state index contributed by atoms with van der Waals surface area (Å²) in [6.07, 6.45) is 0. The molecule has 2 heteroatoms. The van der Waals surface area contributed by atoms with E-state index >= 15 is 0 Å². The first-order valence-electron chi connectivity index (χ1n) is 7.07. The van der Waals surface area contributed by atoms with Crippen LogP contribution in [0.4, 0.5) is 0 Å². The van der Waals surface area contributed by atoms with E-state index in [1.165, 1.54) is 27.8 Å². The Balaban J connectivity index is 2.48. The second kappa shape index (κ2) is 6.43. The van der Waals surface area contributed by atoms with Crippen molar-refractivity contribution >= 4 is 11.6 Å². The second-order valence-electron chi connectivity index (χ2n) is 5.66. The fourth-order valence-corrected chi connectivity index (χ4v) is 2.47. The summed E-state index contributed by atoms with van der Waals surface area (Å²) in [6.45, 7) is 9.45. The van der Waals surface area contributed by atoms with Gasteiger partial charge in [-0.3, -0.25) is 0 Å². The highest BCUT2D eigenvalue weighted by Crippen LogP contribution is 2.30. The van der Waals surface area contributed by atoms with E-state index in [-0.39, 0.29) is 0 Å². The maximum Gasteiger partial charge on any atom is 0.0412 e. The van der Waals surface area contributed by atoms with Crippen LogP contribution >= 0.6 is 11.6 Å². The third-order valence-electron chi connectivity index (χ3n) is 3.46. The summed E-state index contributed by atoms with van der Waals surface area (Å²) < 4.78 is 0. The number of nitrogens with one attached hydrogen (secondary N) is 1. The molecule has 0 aliphatic carbocycles. The number of aryl methyl sites for hydroxylation is 2. The highest BCUT2D eigenvalue weighted by atomic mass is 35.5. The molecule has 0 atom stereocenters. The van der Waals surface area contributed by atoms with Crippen molar-refractivity contribution in [2.75, 3.05) is 0 Å². The van der Waals surface area contributed by atoms with E-state index in [1.54, 1.807) is 0 Å². The molecule has 106 valence electrons. The van der Waals surface area contributed by atoms with Crippen LogP contribution in [-0.4, -0.2) is 6.04 Å². The predicted octanol–water partition coefficient (Wildman–Crippen LogP) is 5.12. The van der Waals surface area contributed by atoms with Crippen LogP contribution in [0, 0.1) is 13.8 Å². The Morgan fingerprint density at radius 1 is 1.00 bits per heavy atom. The number of hydrogen-bond donors (Lipinski definition) is 1. The van der Waals surface area contributed by atoms with Crippen molar-refractivity contribution in [3.63, 3.8) is 0 Å². The van der Waals surface area contributed by atoms with Gasteiger partial charge in [0.05, 0.1) is 0 Å². The van der Waals surface area contributed by atoms with Crippen molar-refractivity contribution in [1.82, 2.24) is 5.32 Å². The summed E-state index contributed by atoms with van der Waals surface area (Å²) in [5, 5.41) is 4.27. The number of benzene rings is 2. The third-order valence-corrected chi connectivity index (χ3v) is 3.69. The van der Waals surface area contributed by atoms with E-state index < -0.39 is 0 Å². The van der Waals surface area contributed by atoms with Gasteiger partial charge in [-0.05, 0) is 48.2 Å². The van der Waals surface area contributed by atoms with Crippen molar-refractivity contribution < 1.29 is 0 Å². The molecular weight excluding hydrogens is 266 g/mol. The first-order valence-corrected chi connectivity index (χ1v) is 7.44. The van der Waals surface area contributed by atoms with Gasteiger partial charge in [-0.15, -0.1) is 0 Å². The molecule has 20 heavy (non-hydrogen) atoms. The predicted molar refractivity (Wildman–Crippen MR) is 88.3 cm³/mol. The normalized spacial score (nSPS) is 11.1. The van der Waals surface area contributed by atoms with Crippen LogP contribution in [0.2, 0.25) is 5.02 Å². The van der Waals surface area contributed by atoms with Crippen LogP contribution < -0.4 is 5.32 Å². The van der Waals surface area contributed by atoms with Gasteiger partial charge in [0.2, 0.25) is 0 Å². The zero-order chi connectivity index (χ0) is 14.7. The molecule has 2 aromatic rings. The minimum absolute atomic E-state index is 0.470. The van der Waals surface area contributed by atoms with Gasteiger partial charge < -0.3 is 5.32 Å². The van der Waals surface area contributed by atoms with E-state index in [1.807, 2.05) is 6.07 Å². The monoisotopic (exact) mass is 287 g/mol. The Morgan fingerprint density at radius 3 is 2.45 bits per heavy atom. The summed E-state index contributed by atoms with van der Waals surface area (Å²) >= 11 is 6.20. The van der Waals surface area contributed by atoms with Crippen molar-refractivity contribution in [3.8, 4) is 11.1 Å². The minimum Gasteiger partial charge on any atom is -0.310 e. The molecule has 0 heterocycles. The molecule has 0 radical (unpaired) electrons. The molecule has 0 saturated heterocycles. The standard InChI is InChI=1S/C18H22ClN/c1-12(2)20-11-15-7-8-16(19)10-18(15)17-9-13(3)5-6-14(17)4/h5-10,12,20H,11H2,1-4H3. The highest BCUT2D eigenvalue weighted by molar-refractivity contribution is 6.30. The molecule has 0 aromatic heterocycles. The molecule has 2 rings (SSSR count). The fraction of sp³-hybridized carbons (Fsp3) is 0.333. The van der Waals surface area contributed by atoms with Gasteiger partial charge >= 0.3 is 0 Å². The molecule has 0 aliphatic heterocycles. The number of hydrogen-bond acceptors (Lipinski definition) is 1. The average molecular weight is 288 g/mol. The zero-order valence-corrected chi connectivity index (χ0v) is 13.4. The molecule has 2 aromatic carbocycles. The molecule has 0 bridgehead atoms. The molecule has 0 amide bonds. The average Bonchev–Trinajstić information content (AvgIpc) is 2.40. The van der Waals surface area contributed by atoms with Crippen LogP contribution in [0.25, 0.3) is 11.1 Å². The molecule has 1 N–H and O–H groups in total. The van der Waals surface area contributed by atoms with Crippen LogP contribution in [0.15, 0.2) is 36.4 Å². The lowest BCUT2D eigenvalue weighted by Crippen LogP contribution is -2.22. The summed E-state index contributed by atoms with van der Waals surface area (Å²) in [7, 11) is 0. The van der Waals surface area contributed by atoms with Gasteiger partial charge in [-0.2, -0.15) is 0 Å². The van der Waals surface area contributed by atoms with Crippen molar-refractivity contribution in [1.29, 1.82) is 0 Å². The van der Waals surface area contributed by atoms with Crippen LogP contribution in [0.1, 0.15) is 30.5 Å². The van der Waals surface area contributed by atoms with Crippen molar-refractivity contribution in [2.24, 2.45) is 0 Å². The van der Waals surface area contributed by atoms with Crippen LogP contribution in [-0.2, 0) is 6.54 Å². The Kier molecular flexibility index (Phi) is 4.85. The van der Waals surface area contributed by atoms with Gasteiger partial charge in [0.25, 0.3) is 0 Å². The lowest BCUT2D eigenvalue weighted by molar-refractivity contribution is 0.589. The van der Waals surface area contributed by atoms with E-state index in [4.69, 9.17) is 11.6 Å². The highest BCUT2D eigenvalue weighted by Gasteiger charge is 2.09. The Labute approximate surface area is 127 Å². The fourth-order valence-electron chi connectivity index (χ4n) is 2.29. The quantitative estimate of drug-likeness (QED) is 0.823.